The van der Waals surface area contributed by atoms with Gasteiger partial charge in [0.2, 0.25) is 0 Å². The second-order valence-electron chi connectivity index (χ2n) is 3.28. The third-order valence-electron chi connectivity index (χ3n) is 1.68. The quantitative estimate of drug-likeness (QED) is 0.661. The first-order valence-electron chi connectivity index (χ1n) is 4.23. The molecule has 0 unspecified atom stereocenters. The molecule has 0 rings (SSSR count). The SMILES string of the molecule is CC(C)N(CCN)S(=O)(=O)N(C)C. The van der Waals surface area contributed by atoms with E-state index in [1.165, 1.54) is 22.7 Å². The normalized spacial score (nSPS) is 13.2. The van der Waals surface area contributed by atoms with Crippen LogP contribution in [0.4, 0.5) is 0 Å². The van der Waals surface area contributed by atoms with E-state index >= 15 is 0 Å². The van der Waals surface area contributed by atoms with E-state index in [0.717, 1.165) is 0 Å². The molecule has 80 valence electrons. The number of hydrogen-bond acceptors (Lipinski definition) is 3. The fourth-order valence-electron chi connectivity index (χ4n) is 0.977. The smallest absolute Gasteiger partial charge is 0.281 e. The number of nitrogens with zero attached hydrogens (tertiary/aromatic N) is 2. The Morgan fingerprint density at radius 3 is 2.00 bits per heavy atom. The van der Waals surface area contributed by atoms with Gasteiger partial charge in [-0.15, -0.1) is 0 Å². The van der Waals surface area contributed by atoms with Crippen molar-refractivity contribution >= 4 is 10.2 Å². The Balaban J connectivity index is 4.74. The van der Waals surface area contributed by atoms with E-state index in [1.54, 1.807) is 0 Å². The van der Waals surface area contributed by atoms with Gasteiger partial charge in [-0.05, 0) is 13.8 Å². The summed E-state index contributed by atoms with van der Waals surface area (Å²) in [6, 6.07) is -0.0593. The van der Waals surface area contributed by atoms with Gasteiger partial charge in [-0.2, -0.15) is 17.0 Å². The molecule has 0 aromatic carbocycles. The lowest BCUT2D eigenvalue weighted by Gasteiger charge is -2.28. The standard InChI is InChI=1S/C7H19N3O2S/c1-7(2)10(6-5-8)13(11,12)9(3)4/h7H,5-6,8H2,1-4H3. The van der Waals surface area contributed by atoms with Crippen LogP contribution in [0.5, 0.6) is 0 Å². The van der Waals surface area contributed by atoms with Crippen molar-refractivity contribution in [2.75, 3.05) is 27.2 Å². The second kappa shape index (κ2) is 4.90. The van der Waals surface area contributed by atoms with Gasteiger partial charge < -0.3 is 5.73 Å². The minimum atomic E-state index is -3.31. The summed E-state index contributed by atoms with van der Waals surface area (Å²) < 4.78 is 25.9. The van der Waals surface area contributed by atoms with Crippen LogP contribution in [-0.4, -0.2) is 50.3 Å². The highest BCUT2D eigenvalue weighted by Crippen LogP contribution is 2.08. The molecular formula is C7H19N3O2S. The van der Waals surface area contributed by atoms with Crippen LogP contribution in [0.25, 0.3) is 0 Å². The van der Waals surface area contributed by atoms with Crippen molar-refractivity contribution in [1.29, 1.82) is 0 Å². The van der Waals surface area contributed by atoms with Crippen LogP contribution in [0.1, 0.15) is 13.8 Å². The summed E-state index contributed by atoms with van der Waals surface area (Å²) in [4.78, 5) is 0. The fraction of sp³-hybridized carbons (Fsp3) is 1.00. The van der Waals surface area contributed by atoms with Crippen LogP contribution in [0, 0.1) is 0 Å². The van der Waals surface area contributed by atoms with Gasteiger partial charge in [-0.25, -0.2) is 0 Å². The predicted octanol–water partition coefficient (Wildman–Crippen LogP) is -0.538. The molecule has 0 saturated heterocycles. The molecule has 0 fully saturated rings. The Morgan fingerprint density at radius 2 is 1.77 bits per heavy atom. The van der Waals surface area contributed by atoms with E-state index < -0.39 is 10.2 Å². The Hall–Kier alpha value is -0.170. The molecule has 0 spiro atoms. The van der Waals surface area contributed by atoms with Crippen LogP contribution in [0.2, 0.25) is 0 Å². The van der Waals surface area contributed by atoms with Crippen LogP contribution in [0.3, 0.4) is 0 Å². The Bertz CT molecular complexity index is 236. The topological polar surface area (TPSA) is 66.6 Å². The average Bonchev–Trinajstić information content (AvgIpc) is 1.98. The molecule has 0 radical (unpaired) electrons. The molecule has 5 nitrogen and oxygen atoms in total. The minimum absolute atomic E-state index is 0.0593. The van der Waals surface area contributed by atoms with E-state index in [2.05, 4.69) is 0 Å². The van der Waals surface area contributed by atoms with Crippen molar-refractivity contribution < 1.29 is 8.42 Å². The van der Waals surface area contributed by atoms with Gasteiger partial charge in [-0.3, -0.25) is 0 Å². The summed E-state index contributed by atoms with van der Waals surface area (Å²) in [6.45, 7) is 4.36. The Labute approximate surface area is 80.7 Å². The maximum Gasteiger partial charge on any atom is 0.281 e. The van der Waals surface area contributed by atoms with E-state index in [4.69, 9.17) is 5.73 Å². The number of hydrogen-bond donors (Lipinski definition) is 1. The minimum Gasteiger partial charge on any atom is -0.329 e. The summed E-state index contributed by atoms with van der Waals surface area (Å²) >= 11 is 0. The zero-order valence-corrected chi connectivity index (χ0v) is 9.50. The zero-order valence-electron chi connectivity index (χ0n) is 8.69. The average molecular weight is 209 g/mol. The molecule has 2 N–H and O–H groups in total. The molecule has 6 heteroatoms. The summed E-state index contributed by atoms with van der Waals surface area (Å²) in [5, 5.41) is 0. The van der Waals surface area contributed by atoms with Crippen LogP contribution in [0.15, 0.2) is 0 Å². The number of rotatable bonds is 5. The molecule has 0 aliphatic rings. The molecule has 0 amide bonds. The lowest BCUT2D eigenvalue weighted by Crippen LogP contribution is -2.46. The second-order valence-corrected chi connectivity index (χ2v) is 5.38. The lowest BCUT2D eigenvalue weighted by atomic mass is 10.4. The van der Waals surface area contributed by atoms with Crippen molar-refractivity contribution in [3.05, 3.63) is 0 Å². The highest BCUT2D eigenvalue weighted by Gasteiger charge is 2.25. The molecule has 0 bridgehead atoms. The van der Waals surface area contributed by atoms with E-state index in [1.807, 2.05) is 13.8 Å². The summed E-state index contributed by atoms with van der Waals surface area (Å²) in [6.07, 6.45) is 0. The molecule has 13 heavy (non-hydrogen) atoms. The van der Waals surface area contributed by atoms with Gasteiger partial charge in [0.1, 0.15) is 0 Å². The monoisotopic (exact) mass is 209 g/mol. The van der Waals surface area contributed by atoms with E-state index in [9.17, 15) is 8.42 Å². The highest BCUT2D eigenvalue weighted by molar-refractivity contribution is 7.86. The molecule has 0 heterocycles. The first-order valence-corrected chi connectivity index (χ1v) is 5.63. The molecular weight excluding hydrogens is 190 g/mol. The van der Waals surface area contributed by atoms with Crippen molar-refractivity contribution in [3.8, 4) is 0 Å². The van der Waals surface area contributed by atoms with Gasteiger partial charge in [0.25, 0.3) is 10.2 Å². The van der Waals surface area contributed by atoms with E-state index in [-0.39, 0.29) is 6.04 Å². The molecule has 0 aliphatic heterocycles. The van der Waals surface area contributed by atoms with E-state index in [0.29, 0.717) is 13.1 Å². The van der Waals surface area contributed by atoms with Crippen LogP contribution < -0.4 is 5.73 Å². The predicted molar refractivity (Wildman–Crippen MR) is 53.5 cm³/mol. The first kappa shape index (κ1) is 12.8. The van der Waals surface area contributed by atoms with Gasteiger partial charge in [0.05, 0.1) is 0 Å². The van der Waals surface area contributed by atoms with Crippen molar-refractivity contribution in [2.45, 2.75) is 19.9 Å². The maximum absolute atomic E-state index is 11.7. The maximum atomic E-state index is 11.7. The zero-order chi connectivity index (χ0) is 10.6. The summed E-state index contributed by atoms with van der Waals surface area (Å²) in [5.41, 5.74) is 5.34. The largest absolute Gasteiger partial charge is 0.329 e. The van der Waals surface area contributed by atoms with Crippen molar-refractivity contribution in [1.82, 2.24) is 8.61 Å². The summed E-state index contributed by atoms with van der Waals surface area (Å²) in [7, 11) is -0.284. The van der Waals surface area contributed by atoms with Crippen LogP contribution >= 0.6 is 0 Å². The van der Waals surface area contributed by atoms with Crippen molar-refractivity contribution in [2.24, 2.45) is 5.73 Å². The number of nitrogens with two attached hydrogens (primary N) is 1. The van der Waals surface area contributed by atoms with Gasteiger partial charge in [-0.1, -0.05) is 0 Å². The third-order valence-corrected chi connectivity index (χ3v) is 3.80. The van der Waals surface area contributed by atoms with Gasteiger partial charge in [0.15, 0.2) is 0 Å². The van der Waals surface area contributed by atoms with Crippen LogP contribution in [-0.2, 0) is 10.2 Å². The molecule has 0 aliphatic carbocycles. The first-order chi connectivity index (χ1) is 5.84. The van der Waals surface area contributed by atoms with Crippen molar-refractivity contribution in [3.63, 3.8) is 0 Å². The Kier molecular flexibility index (Phi) is 4.83. The molecule has 0 saturated carbocycles. The highest BCUT2D eigenvalue weighted by atomic mass is 32.2. The fourth-order valence-corrected chi connectivity index (χ4v) is 2.27. The molecule has 0 atom stereocenters. The van der Waals surface area contributed by atoms with Gasteiger partial charge >= 0.3 is 0 Å². The lowest BCUT2D eigenvalue weighted by molar-refractivity contribution is 0.334. The van der Waals surface area contributed by atoms with Gasteiger partial charge in [0, 0.05) is 33.2 Å². The third kappa shape index (κ3) is 3.22. The molecule has 0 aromatic rings. The molecule has 0 aromatic heterocycles. The summed E-state index contributed by atoms with van der Waals surface area (Å²) in [5.74, 6) is 0. The Morgan fingerprint density at radius 1 is 1.31 bits per heavy atom.